The van der Waals surface area contributed by atoms with Crippen molar-refractivity contribution in [2.24, 2.45) is 0 Å². The van der Waals surface area contributed by atoms with Gasteiger partial charge in [-0.3, -0.25) is 9.78 Å². The van der Waals surface area contributed by atoms with E-state index in [1.54, 1.807) is 30.5 Å². The summed E-state index contributed by atoms with van der Waals surface area (Å²) < 4.78 is 5.83. The standard InChI is InChI=1S/C13H10BrClN2O2/c1-19-12-5-10(2-3-11(12)15)17-13(18)8-4-9(14)7-16-6-8/h2-7H,1H3,(H,17,18). The van der Waals surface area contributed by atoms with E-state index in [2.05, 4.69) is 26.2 Å². The molecule has 0 radical (unpaired) electrons. The van der Waals surface area contributed by atoms with Gasteiger partial charge in [0.2, 0.25) is 0 Å². The molecule has 1 N–H and O–H groups in total. The third kappa shape index (κ3) is 3.45. The second kappa shape index (κ2) is 6.04. The van der Waals surface area contributed by atoms with Crippen LogP contribution in [0.1, 0.15) is 10.4 Å². The highest BCUT2D eigenvalue weighted by atomic mass is 79.9. The molecule has 1 heterocycles. The van der Waals surface area contributed by atoms with Crippen molar-refractivity contribution in [1.82, 2.24) is 4.98 Å². The highest BCUT2D eigenvalue weighted by Crippen LogP contribution is 2.27. The van der Waals surface area contributed by atoms with Crippen LogP contribution in [0, 0.1) is 0 Å². The fourth-order valence-electron chi connectivity index (χ4n) is 1.48. The van der Waals surface area contributed by atoms with Gasteiger partial charge in [0.1, 0.15) is 5.75 Å². The van der Waals surface area contributed by atoms with Gasteiger partial charge in [-0.25, -0.2) is 0 Å². The zero-order chi connectivity index (χ0) is 13.8. The van der Waals surface area contributed by atoms with Gasteiger partial charge < -0.3 is 10.1 Å². The van der Waals surface area contributed by atoms with Gasteiger partial charge in [-0.2, -0.15) is 0 Å². The molecule has 6 heteroatoms. The van der Waals surface area contributed by atoms with E-state index in [1.807, 2.05) is 0 Å². The summed E-state index contributed by atoms with van der Waals surface area (Å²) in [6.07, 6.45) is 3.11. The van der Waals surface area contributed by atoms with Gasteiger partial charge in [0.15, 0.2) is 0 Å². The summed E-state index contributed by atoms with van der Waals surface area (Å²) in [5.41, 5.74) is 1.06. The molecule has 0 fully saturated rings. The summed E-state index contributed by atoms with van der Waals surface area (Å²) in [5, 5.41) is 3.24. The first-order valence-electron chi connectivity index (χ1n) is 5.35. The first-order valence-corrected chi connectivity index (χ1v) is 6.52. The number of nitrogens with one attached hydrogen (secondary N) is 1. The smallest absolute Gasteiger partial charge is 0.257 e. The number of carbonyl (C=O) groups is 1. The average Bonchev–Trinajstić information content (AvgIpc) is 2.41. The molecule has 0 aliphatic rings. The van der Waals surface area contributed by atoms with Crippen LogP contribution in [0.25, 0.3) is 0 Å². The van der Waals surface area contributed by atoms with E-state index in [9.17, 15) is 4.79 Å². The maximum atomic E-state index is 12.0. The number of ether oxygens (including phenoxy) is 1. The van der Waals surface area contributed by atoms with Gasteiger partial charge in [0.25, 0.3) is 5.91 Å². The lowest BCUT2D eigenvalue weighted by Gasteiger charge is -2.08. The van der Waals surface area contributed by atoms with Gasteiger partial charge in [-0.15, -0.1) is 0 Å². The summed E-state index contributed by atoms with van der Waals surface area (Å²) >= 11 is 9.19. The van der Waals surface area contributed by atoms with E-state index in [0.717, 1.165) is 4.47 Å². The third-order valence-corrected chi connectivity index (χ3v) is 3.12. The van der Waals surface area contributed by atoms with E-state index in [-0.39, 0.29) is 5.91 Å². The zero-order valence-corrected chi connectivity index (χ0v) is 12.3. The highest BCUT2D eigenvalue weighted by molar-refractivity contribution is 9.10. The maximum absolute atomic E-state index is 12.0. The van der Waals surface area contributed by atoms with E-state index >= 15 is 0 Å². The molecular weight excluding hydrogens is 332 g/mol. The molecule has 1 aromatic carbocycles. The molecule has 19 heavy (non-hydrogen) atoms. The minimum Gasteiger partial charge on any atom is -0.495 e. The number of carbonyl (C=O) groups excluding carboxylic acids is 1. The minimum atomic E-state index is -0.252. The molecule has 0 spiro atoms. The van der Waals surface area contributed by atoms with E-state index in [4.69, 9.17) is 16.3 Å². The monoisotopic (exact) mass is 340 g/mol. The van der Waals surface area contributed by atoms with Crippen molar-refractivity contribution in [3.63, 3.8) is 0 Å². The molecule has 0 saturated carbocycles. The Morgan fingerprint density at radius 3 is 2.84 bits per heavy atom. The molecule has 0 saturated heterocycles. The topological polar surface area (TPSA) is 51.2 Å². The van der Waals surface area contributed by atoms with Gasteiger partial charge in [0, 0.05) is 28.6 Å². The number of methoxy groups -OCH3 is 1. The van der Waals surface area contributed by atoms with Crippen LogP contribution in [0.15, 0.2) is 41.1 Å². The van der Waals surface area contributed by atoms with Crippen molar-refractivity contribution in [1.29, 1.82) is 0 Å². The molecule has 0 atom stereocenters. The number of halogens is 2. The Balaban J connectivity index is 2.19. The molecular formula is C13H10BrClN2O2. The van der Waals surface area contributed by atoms with Gasteiger partial charge >= 0.3 is 0 Å². The fourth-order valence-corrected chi connectivity index (χ4v) is 2.04. The molecule has 1 aromatic heterocycles. The fraction of sp³-hybridized carbons (Fsp3) is 0.0769. The van der Waals surface area contributed by atoms with Gasteiger partial charge in [0.05, 0.1) is 17.7 Å². The zero-order valence-electron chi connectivity index (χ0n) is 9.98. The number of rotatable bonds is 3. The third-order valence-electron chi connectivity index (χ3n) is 2.38. The van der Waals surface area contributed by atoms with Crippen LogP contribution < -0.4 is 10.1 Å². The van der Waals surface area contributed by atoms with E-state index in [1.165, 1.54) is 13.3 Å². The average molecular weight is 342 g/mol. The lowest BCUT2D eigenvalue weighted by Crippen LogP contribution is -2.12. The lowest BCUT2D eigenvalue weighted by atomic mass is 10.2. The van der Waals surface area contributed by atoms with Crippen molar-refractivity contribution in [2.75, 3.05) is 12.4 Å². The first-order chi connectivity index (χ1) is 9.10. The summed E-state index contributed by atoms with van der Waals surface area (Å²) in [6, 6.07) is 6.71. The number of pyridine rings is 1. The summed E-state index contributed by atoms with van der Waals surface area (Å²) in [4.78, 5) is 15.9. The van der Waals surface area contributed by atoms with Crippen LogP contribution in [0.4, 0.5) is 5.69 Å². The van der Waals surface area contributed by atoms with Crippen molar-refractivity contribution >= 4 is 39.1 Å². The number of nitrogens with zero attached hydrogens (tertiary/aromatic N) is 1. The van der Waals surface area contributed by atoms with Crippen LogP contribution in [-0.2, 0) is 0 Å². The van der Waals surface area contributed by atoms with Crippen LogP contribution in [0.2, 0.25) is 5.02 Å². The van der Waals surface area contributed by atoms with E-state index in [0.29, 0.717) is 22.0 Å². The molecule has 2 rings (SSSR count). The highest BCUT2D eigenvalue weighted by Gasteiger charge is 2.08. The number of anilines is 1. The van der Waals surface area contributed by atoms with Crippen LogP contribution in [0.5, 0.6) is 5.75 Å². The van der Waals surface area contributed by atoms with Crippen molar-refractivity contribution in [3.8, 4) is 5.75 Å². The number of benzene rings is 1. The van der Waals surface area contributed by atoms with Crippen molar-refractivity contribution in [2.45, 2.75) is 0 Å². The number of hydrogen-bond acceptors (Lipinski definition) is 3. The molecule has 0 bridgehead atoms. The Morgan fingerprint density at radius 2 is 2.16 bits per heavy atom. The molecule has 2 aromatic rings. The Kier molecular flexibility index (Phi) is 4.39. The molecule has 4 nitrogen and oxygen atoms in total. The predicted molar refractivity (Wildman–Crippen MR) is 77.9 cm³/mol. The number of aromatic nitrogens is 1. The molecule has 0 unspecified atom stereocenters. The number of hydrogen-bond donors (Lipinski definition) is 1. The first kappa shape index (κ1) is 13.8. The summed E-state index contributed by atoms with van der Waals surface area (Å²) in [5.74, 6) is 0.255. The molecule has 98 valence electrons. The summed E-state index contributed by atoms with van der Waals surface area (Å²) in [6.45, 7) is 0. The Bertz CT molecular complexity index is 619. The number of amides is 1. The van der Waals surface area contributed by atoms with Crippen LogP contribution in [-0.4, -0.2) is 18.0 Å². The largest absolute Gasteiger partial charge is 0.495 e. The second-order valence-corrected chi connectivity index (χ2v) is 5.02. The van der Waals surface area contributed by atoms with Crippen molar-refractivity contribution < 1.29 is 9.53 Å². The maximum Gasteiger partial charge on any atom is 0.257 e. The normalized spacial score (nSPS) is 10.1. The SMILES string of the molecule is COc1cc(NC(=O)c2cncc(Br)c2)ccc1Cl. The molecule has 1 amide bonds. The second-order valence-electron chi connectivity index (χ2n) is 3.70. The molecule has 0 aliphatic carbocycles. The van der Waals surface area contributed by atoms with Gasteiger partial charge in [-0.05, 0) is 34.1 Å². The molecule has 0 aliphatic heterocycles. The Morgan fingerprint density at radius 1 is 1.37 bits per heavy atom. The minimum absolute atomic E-state index is 0.252. The van der Waals surface area contributed by atoms with Crippen LogP contribution >= 0.6 is 27.5 Å². The van der Waals surface area contributed by atoms with Crippen molar-refractivity contribution in [3.05, 3.63) is 51.7 Å². The summed E-state index contributed by atoms with van der Waals surface area (Å²) in [7, 11) is 1.52. The Hall–Kier alpha value is -1.59. The van der Waals surface area contributed by atoms with E-state index < -0.39 is 0 Å². The Labute approximate surface area is 123 Å². The lowest BCUT2D eigenvalue weighted by molar-refractivity contribution is 0.102. The van der Waals surface area contributed by atoms with Gasteiger partial charge in [-0.1, -0.05) is 11.6 Å². The predicted octanol–water partition coefficient (Wildman–Crippen LogP) is 3.76. The quantitative estimate of drug-likeness (QED) is 0.925. The van der Waals surface area contributed by atoms with Crippen LogP contribution in [0.3, 0.4) is 0 Å².